The summed E-state index contributed by atoms with van der Waals surface area (Å²) in [5, 5.41) is 9.99. The van der Waals surface area contributed by atoms with Gasteiger partial charge in [-0.05, 0) is 44.2 Å². The zero-order valence-corrected chi connectivity index (χ0v) is 14.8. The zero-order chi connectivity index (χ0) is 17.9. The highest BCUT2D eigenvalue weighted by Crippen LogP contribution is 2.27. The summed E-state index contributed by atoms with van der Waals surface area (Å²) in [6, 6.07) is 14.3. The van der Waals surface area contributed by atoms with Gasteiger partial charge in [-0.15, -0.1) is 0 Å². The van der Waals surface area contributed by atoms with Gasteiger partial charge in [0.1, 0.15) is 24.0 Å². The predicted molar refractivity (Wildman–Crippen MR) is 99.7 cm³/mol. The molecule has 1 fully saturated rings. The van der Waals surface area contributed by atoms with E-state index in [0.29, 0.717) is 11.8 Å². The Morgan fingerprint density at radius 1 is 1.19 bits per heavy atom. The van der Waals surface area contributed by atoms with E-state index in [2.05, 4.69) is 32.9 Å². The molecule has 132 valence electrons. The van der Waals surface area contributed by atoms with Gasteiger partial charge in [-0.2, -0.15) is 5.26 Å². The maximum absolute atomic E-state index is 8.87. The largest absolute Gasteiger partial charge is 0.449 e. The van der Waals surface area contributed by atoms with E-state index in [-0.39, 0.29) is 0 Å². The van der Waals surface area contributed by atoms with Gasteiger partial charge in [0.05, 0.1) is 12.1 Å². The minimum atomic E-state index is 0.374. The monoisotopic (exact) mass is 347 g/mol. The molecule has 3 heterocycles. The maximum atomic E-state index is 8.87. The summed E-state index contributed by atoms with van der Waals surface area (Å²) in [5.74, 6) is 2.24. The van der Waals surface area contributed by atoms with Crippen LogP contribution in [0.15, 0.2) is 47.1 Å². The van der Waals surface area contributed by atoms with Crippen LogP contribution in [0.1, 0.15) is 24.4 Å². The lowest BCUT2D eigenvalue weighted by Crippen LogP contribution is -2.43. The fraction of sp³-hybridized carbons (Fsp3) is 0.350. The van der Waals surface area contributed by atoms with Crippen molar-refractivity contribution in [1.29, 1.82) is 5.26 Å². The second kappa shape index (κ2) is 7.14. The maximum Gasteiger partial charge on any atom is 0.203 e. The number of piperidine rings is 1. The van der Waals surface area contributed by atoms with Crippen LogP contribution in [0.4, 0.5) is 5.82 Å². The molecule has 1 aromatic carbocycles. The van der Waals surface area contributed by atoms with Gasteiger partial charge < -0.3 is 9.32 Å². The van der Waals surface area contributed by atoms with E-state index in [1.807, 2.05) is 30.3 Å². The number of nitrogens with zero attached hydrogens (tertiary/aromatic N) is 5. The van der Waals surface area contributed by atoms with Crippen LogP contribution in [0.5, 0.6) is 0 Å². The van der Waals surface area contributed by atoms with Gasteiger partial charge in [-0.1, -0.05) is 12.1 Å². The number of furan rings is 1. The molecule has 0 unspecified atom stereocenters. The van der Waals surface area contributed by atoms with Gasteiger partial charge in [0.15, 0.2) is 0 Å². The van der Waals surface area contributed by atoms with Crippen LogP contribution in [0.25, 0.3) is 10.9 Å². The van der Waals surface area contributed by atoms with Crippen molar-refractivity contribution in [2.75, 3.05) is 25.0 Å². The summed E-state index contributed by atoms with van der Waals surface area (Å²) < 4.78 is 5.50. The number of hydrogen-bond acceptors (Lipinski definition) is 6. The normalized spacial score (nSPS) is 15.5. The number of rotatable bonds is 4. The van der Waals surface area contributed by atoms with Crippen molar-refractivity contribution in [3.8, 4) is 6.07 Å². The van der Waals surface area contributed by atoms with Gasteiger partial charge in [-0.25, -0.2) is 9.97 Å². The first kappa shape index (κ1) is 16.6. The number of anilines is 1. The van der Waals surface area contributed by atoms with Crippen molar-refractivity contribution in [3.63, 3.8) is 0 Å². The average molecular weight is 347 g/mol. The highest BCUT2D eigenvalue weighted by molar-refractivity contribution is 5.89. The molecule has 4 rings (SSSR count). The fourth-order valence-electron chi connectivity index (χ4n) is 3.66. The SMILES string of the molecule is CN(Cc1ccc(C#N)o1)C1CCN(c2ncnc3ccccc23)CC1. The highest BCUT2D eigenvalue weighted by Gasteiger charge is 2.24. The molecule has 0 N–H and O–H groups in total. The third kappa shape index (κ3) is 3.26. The first-order chi connectivity index (χ1) is 12.7. The standard InChI is InChI=1S/C20H21N5O/c1-24(13-17-7-6-16(12-21)26-17)15-8-10-25(11-9-15)20-18-4-2-3-5-19(18)22-14-23-20/h2-7,14-15H,8-11,13H2,1H3. The van der Waals surface area contributed by atoms with Gasteiger partial charge in [-0.3, -0.25) is 4.90 Å². The van der Waals surface area contributed by atoms with E-state index in [9.17, 15) is 0 Å². The summed E-state index contributed by atoms with van der Waals surface area (Å²) in [7, 11) is 2.12. The molecule has 6 nitrogen and oxygen atoms in total. The van der Waals surface area contributed by atoms with Gasteiger partial charge in [0.25, 0.3) is 0 Å². The molecule has 3 aromatic rings. The Morgan fingerprint density at radius 3 is 2.77 bits per heavy atom. The van der Waals surface area contributed by atoms with Crippen LogP contribution in [-0.2, 0) is 6.54 Å². The van der Waals surface area contributed by atoms with E-state index in [0.717, 1.165) is 55.0 Å². The minimum Gasteiger partial charge on any atom is -0.449 e. The van der Waals surface area contributed by atoms with Crippen LogP contribution in [0, 0.1) is 11.3 Å². The number of fused-ring (bicyclic) bond motifs is 1. The second-order valence-corrected chi connectivity index (χ2v) is 6.73. The molecule has 2 aromatic heterocycles. The van der Waals surface area contributed by atoms with Crippen molar-refractivity contribution < 1.29 is 4.42 Å². The number of benzene rings is 1. The number of nitriles is 1. The van der Waals surface area contributed by atoms with Crippen molar-refractivity contribution in [1.82, 2.24) is 14.9 Å². The van der Waals surface area contributed by atoms with Crippen LogP contribution < -0.4 is 4.90 Å². The van der Waals surface area contributed by atoms with E-state index >= 15 is 0 Å². The molecule has 0 radical (unpaired) electrons. The first-order valence-corrected chi connectivity index (χ1v) is 8.88. The lowest BCUT2D eigenvalue weighted by atomic mass is 10.0. The fourth-order valence-corrected chi connectivity index (χ4v) is 3.66. The Labute approximate surface area is 152 Å². The van der Waals surface area contributed by atoms with Gasteiger partial charge in [0, 0.05) is 24.5 Å². The number of hydrogen-bond donors (Lipinski definition) is 0. The molecule has 1 aliphatic heterocycles. The summed E-state index contributed by atoms with van der Waals surface area (Å²) in [5.41, 5.74) is 0.989. The van der Waals surface area contributed by atoms with Crippen LogP contribution >= 0.6 is 0 Å². The van der Waals surface area contributed by atoms with E-state index in [1.165, 1.54) is 0 Å². The molecule has 6 heteroatoms. The third-order valence-corrected chi connectivity index (χ3v) is 5.09. The van der Waals surface area contributed by atoms with Crippen molar-refractivity contribution in [2.45, 2.75) is 25.4 Å². The summed E-state index contributed by atoms with van der Waals surface area (Å²) >= 11 is 0. The topological polar surface area (TPSA) is 69.2 Å². The second-order valence-electron chi connectivity index (χ2n) is 6.73. The molecule has 0 atom stereocenters. The van der Waals surface area contributed by atoms with Crippen molar-refractivity contribution in [3.05, 3.63) is 54.2 Å². The molecule has 1 saturated heterocycles. The average Bonchev–Trinajstić information content (AvgIpc) is 3.15. The Balaban J connectivity index is 1.41. The Bertz CT molecular complexity index is 931. The summed E-state index contributed by atoms with van der Waals surface area (Å²) in [6.07, 6.45) is 3.79. The lowest BCUT2D eigenvalue weighted by Gasteiger charge is -2.37. The van der Waals surface area contributed by atoms with Crippen molar-refractivity contribution in [2.24, 2.45) is 0 Å². The van der Waals surface area contributed by atoms with Crippen LogP contribution in [0.2, 0.25) is 0 Å². The third-order valence-electron chi connectivity index (χ3n) is 5.09. The molecular weight excluding hydrogens is 326 g/mol. The quantitative estimate of drug-likeness (QED) is 0.722. The minimum absolute atomic E-state index is 0.374. The van der Waals surface area contributed by atoms with E-state index in [4.69, 9.17) is 9.68 Å². The summed E-state index contributed by atoms with van der Waals surface area (Å²) in [4.78, 5) is 13.6. The molecule has 26 heavy (non-hydrogen) atoms. The molecule has 0 saturated carbocycles. The molecule has 0 bridgehead atoms. The Morgan fingerprint density at radius 2 is 2.00 bits per heavy atom. The highest BCUT2D eigenvalue weighted by atomic mass is 16.3. The Hall–Kier alpha value is -2.91. The first-order valence-electron chi connectivity index (χ1n) is 8.88. The zero-order valence-electron chi connectivity index (χ0n) is 14.8. The lowest BCUT2D eigenvalue weighted by molar-refractivity contribution is 0.186. The Kier molecular flexibility index (Phi) is 4.55. The van der Waals surface area contributed by atoms with Gasteiger partial charge in [0.2, 0.25) is 5.76 Å². The number of para-hydroxylation sites is 1. The van der Waals surface area contributed by atoms with Crippen LogP contribution in [-0.4, -0.2) is 41.0 Å². The molecule has 0 amide bonds. The van der Waals surface area contributed by atoms with Crippen LogP contribution in [0.3, 0.4) is 0 Å². The molecule has 0 spiro atoms. The van der Waals surface area contributed by atoms with E-state index < -0.39 is 0 Å². The molecule has 1 aliphatic rings. The molecule has 0 aliphatic carbocycles. The van der Waals surface area contributed by atoms with Gasteiger partial charge >= 0.3 is 0 Å². The smallest absolute Gasteiger partial charge is 0.203 e. The van der Waals surface area contributed by atoms with E-state index in [1.54, 1.807) is 12.4 Å². The van der Waals surface area contributed by atoms with Crippen molar-refractivity contribution >= 4 is 16.7 Å². The predicted octanol–water partition coefficient (Wildman–Crippen LogP) is 3.20. The number of aromatic nitrogens is 2. The molecular formula is C20H21N5O. The summed E-state index contributed by atoms with van der Waals surface area (Å²) in [6.45, 7) is 2.66.